The topological polar surface area (TPSA) is 82.0 Å². The molecule has 24 heavy (non-hydrogen) atoms. The van der Waals surface area contributed by atoms with Crippen molar-refractivity contribution in [3.05, 3.63) is 52.9 Å². The van der Waals surface area contributed by atoms with Crippen LogP contribution < -0.4 is 15.0 Å². The first-order valence-electron chi connectivity index (χ1n) is 7.31. The van der Waals surface area contributed by atoms with Gasteiger partial charge in [0.1, 0.15) is 0 Å². The van der Waals surface area contributed by atoms with Crippen molar-refractivity contribution < 1.29 is 9.47 Å². The molecule has 4 aromatic rings. The zero-order chi connectivity index (χ0) is 16.7. The number of hydrogen-bond acceptors (Lipinski definition) is 5. The van der Waals surface area contributed by atoms with Crippen molar-refractivity contribution >= 4 is 21.8 Å². The fourth-order valence-corrected chi connectivity index (χ4v) is 2.74. The van der Waals surface area contributed by atoms with Gasteiger partial charge in [-0.05, 0) is 24.3 Å². The Morgan fingerprint density at radius 3 is 2.67 bits per heavy atom. The summed E-state index contributed by atoms with van der Waals surface area (Å²) in [6, 6.07) is 11.1. The summed E-state index contributed by atoms with van der Waals surface area (Å²) in [5, 5.41) is 5.28. The normalized spacial score (nSPS) is 11.1. The molecule has 0 saturated heterocycles. The molecule has 1 N–H and O–H groups in total. The maximum Gasteiger partial charge on any atom is 0.285 e. The van der Waals surface area contributed by atoms with Crippen LogP contribution in [-0.4, -0.2) is 34.0 Å². The molecule has 0 radical (unpaired) electrons. The number of nitrogens with one attached hydrogen (secondary N) is 1. The monoisotopic (exact) mass is 322 g/mol. The quantitative estimate of drug-likeness (QED) is 0.626. The maximum absolute atomic E-state index is 13.0. The molecule has 0 atom stereocenters. The van der Waals surface area contributed by atoms with E-state index >= 15 is 0 Å². The van der Waals surface area contributed by atoms with Crippen LogP contribution in [0.5, 0.6) is 11.5 Å². The summed E-state index contributed by atoms with van der Waals surface area (Å²) in [6.07, 6.45) is 1.60. The third-order valence-electron chi connectivity index (χ3n) is 3.87. The van der Waals surface area contributed by atoms with Gasteiger partial charge in [0.15, 0.2) is 11.5 Å². The second-order valence-electron chi connectivity index (χ2n) is 5.20. The van der Waals surface area contributed by atoms with E-state index in [2.05, 4.69) is 15.1 Å². The molecule has 2 aromatic carbocycles. The van der Waals surface area contributed by atoms with Crippen molar-refractivity contribution in [1.29, 1.82) is 0 Å². The van der Waals surface area contributed by atoms with E-state index in [0.29, 0.717) is 28.2 Å². The van der Waals surface area contributed by atoms with Gasteiger partial charge >= 0.3 is 0 Å². The second kappa shape index (κ2) is 5.38. The van der Waals surface area contributed by atoms with Gasteiger partial charge in [0, 0.05) is 5.39 Å². The average molecular weight is 322 g/mol. The number of ether oxygens (including phenoxy) is 2. The lowest BCUT2D eigenvalue weighted by Gasteiger charge is -2.10. The Labute approximate surface area is 136 Å². The largest absolute Gasteiger partial charge is 0.493 e. The molecule has 7 nitrogen and oxygen atoms in total. The van der Waals surface area contributed by atoms with Crippen LogP contribution in [0.4, 0.5) is 0 Å². The highest BCUT2D eigenvalue weighted by Gasteiger charge is 2.16. The molecule has 0 bridgehead atoms. The van der Waals surface area contributed by atoms with Gasteiger partial charge in [-0.1, -0.05) is 12.1 Å². The predicted octanol–water partition coefficient (Wildman–Crippen LogP) is 2.28. The Hall–Kier alpha value is -3.35. The molecule has 0 amide bonds. The van der Waals surface area contributed by atoms with Crippen molar-refractivity contribution in [2.24, 2.45) is 0 Å². The summed E-state index contributed by atoms with van der Waals surface area (Å²) in [7, 11) is 3.03. The van der Waals surface area contributed by atoms with E-state index in [-0.39, 0.29) is 5.56 Å². The SMILES string of the molecule is COc1ccc2cnn(-c3nc4ccccc4[nH]3)c(=O)c2c1OC. The van der Waals surface area contributed by atoms with Gasteiger partial charge in [0.2, 0.25) is 5.95 Å². The summed E-state index contributed by atoms with van der Waals surface area (Å²) in [6.45, 7) is 0. The van der Waals surface area contributed by atoms with E-state index in [4.69, 9.17) is 9.47 Å². The highest BCUT2D eigenvalue weighted by molar-refractivity contribution is 5.89. The van der Waals surface area contributed by atoms with E-state index in [9.17, 15) is 4.79 Å². The molecule has 0 aliphatic rings. The van der Waals surface area contributed by atoms with E-state index in [1.807, 2.05) is 24.3 Å². The lowest BCUT2D eigenvalue weighted by Crippen LogP contribution is -2.22. The van der Waals surface area contributed by atoms with Gasteiger partial charge in [0.25, 0.3) is 5.56 Å². The summed E-state index contributed by atoms with van der Waals surface area (Å²) in [5.41, 5.74) is 1.26. The van der Waals surface area contributed by atoms with Crippen LogP contribution >= 0.6 is 0 Å². The van der Waals surface area contributed by atoms with Gasteiger partial charge in [-0.25, -0.2) is 4.98 Å². The smallest absolute Gasteiger partial charge is 0.285 e. The minimum atomic E-state index is -0.331. The maximum atomic E-state index is 13.0. The fraction of sp³-hybridized carbons (Fsp3) is 0.118. The molecule has 0 unspecified atom stereocenters. The molecule has 7 heteroatoms. The molecule has 0 aliphatic heterocycles. The number of nitrogens with zero attached hydrogens (tertiary/aromatic N) is 3. The van der Waals surface area contributed by atoms with Crippen LogP contribution in [0.25, 0.3) is 27.8 Å². The molecule has 0 aliphatic carbocycles. The first-order chi connectivity index (χ1) is 11.7. The number of aromatic nitrogens is 4. The number of benzene rings is 2. The molecule has 2 aromatic heterocycles. The number of methoxy groups -OCH3 is 2. The molecular formula is C17H14N4O3. The van der Waals surface area contributed by atoms with E-state index in [0.717, 1.165) is 11.0 Å². The van der Waals surface area contributed by atoms with Crippen molar-refractivity contribution in [3.8, 4) is 17.4 Å². The van der Waals surface area contributed by atoms with Crippen LogP contribution in [-0.2, 0) is 0 Å². The zero-order valence-corrected chi connectivity index (χ0v) is 13.1. The first-order valence-corrected chi connectivity index (χ1v) is 7.31. The number of H-pyrrole nitrogens is 1. The second-order valence-corrected chi connectivity index (χ2v) is 5.20. The standard InChI is InChI=1S/C17H14N4O3/c1-23-13-8-7-10-9-18-21(16(22)14(10)15(13)24-2)17-19-11-5-3-4-6-12(11)20-17/h3-9H,1-2H3,(H,19,20). The summed E-state index contributed by atoms with van der Waals surface area (Å²) in [5.74, 6) is 1.23. The third-order valence-corrected chi connectivity index (χ3v) is 3.87. The number of imidazole rings is 1. The van der Waals surface area contributed by atoms with Crippen molar-refractivity contribution in [3.63, 3.8) is 0 Å². The molecular weight excluding hydrogens is 308 g/mol. The molecule has 0 spiro atoms. The van der Waals surface area contributed by atoms with E-state index in [1.165, 1.54) is 18.9 Å². The van der Waals surface area contributed by atoms with Crippen LogP contribution in [0, 0.1) is 0 Å². The highest BCUT2D eigenvalue weighted by Crippen LogP contribution is 2.32. The number of hydrogen-bond donors (Lipinski definition) is 1. The Morgan fingerprint density at radius 1 is 1.08 bits per heavy atom. The Morgan fingerprint density at radius 2 is 1.92 bits per heavy atom. The lowest BCUT2D eigenvalue weighted by atomic mass is 10.1. The Kier molecular flexibility index (Phi) is 3.19. The van der Waals surface area contributed by atoms with Crippen LogP contribution in [0.15, 0.2) is 47.4 Å². The summed E-state index contributed by atoms with van der Waals surface area (Å²) < 4.78 is 11.9. The number of fused-ring (bicyclic) bond motifs is 2. The van der Waals surface area contributed by atoms with Crippen LogP contribution in [0.1, 0.15) is 0 Å². The van der Waals surface area contributed by atoms with E-state index < -0.39 is 0 Å². The molecule has 0 saturated carbocycles. The highest BCUT2D eigenvalue weighted by atomic mass is 16.5. The van der Waals surface area contributed by atoms with Gasteiger partial charge in [-0.3, -0.25) is 4.79 Å². The van der Waals surface area contributed by atoms with Crippen molar-refractivity contribution in [2.75, 3.05) is 14.2 Å². The number of rotatable bonds is 3. The van der Waals surface area contributed by atoms with Crippen LogP contribution in [0.2, 0.25) is 0 Å². The Balaban J connectivity index is 2.03. The molecule has 2 heterocycles. The average Bonchev–Trinajstić information content (AvgIpc) is 3.04. The fourth-order valence-electron chi connectivity index (χ4n) is 2.74. The number of aromatic amines is 1. The minimum absolute atomic E-state index is 0.331. The van der Waals surface area contributed by atoms with Crippen molar-refractivity contribution in [1.82, 2.24) is 19.7 Å². The molecule has 4 rings (SSSR count). The van der Waals surface area contributed by atoms with Gasteiger partial charge in [-0.2, -0.15) is 9.78 Å². The van der Waals surface area contributed by atoms with Crippen molar-refractivity contribution in [2.45, 2.75) is 0 Å². The summed E-state index contributed by atoms with van der Waals surface area (Å²) >= 11 is 0. The zero-order valence-electron chi connectivity index (χ0n) is 13.1. The van der Waals surface area contributed by atoms with Crippen LogP contribution in [0.3, 0.4) is 0 Å². The third kappa shape index (κ3) is 2.02. The van der Waals surface area contributed by atoms with Gasteiger partial charge in [0.05, 0.1) is 36.8 Å². The summed E-state index contributed by atoms with van der Waals surface area (Å²) in [4.78, 5) is 20.5. The molecule has 0 fully saturated rings. The first kappa shape index (κ1) is 14.3. The minimum Gasteiger partial charge on any atom is -0.493 e. The number of para-hydroxylation sites is 2. The lowest BCUT2D eigenvalue weighted by molar-refractivity contribution is 0.358. The Bertz CT molecular complexity index is 1080. The molecule has 120 valence electrons. The van der Waals surface area contributed by atoms with E-state index in [1.54, 1.807) is 18.3 Å². The van der Waals surface area contributed by atoms with Gasteiger partial charge < -0.3 is 14.5 Å². The van der Waals surface area contributed by atoms with Gasteiger partial charge in [-0.15, -0.1) is 0 Å². The predicted molar refractivity (Wildman–Crippen MR) is 90.1 cm³/mol.